The molecule has 0 bridgehead atoms. The molecular formula is C15H13N5O3S. The zero-order valence-electron chi connectivity index (χ0n) is 12.9. The normalized spacial score (nSPS) is 11.1. The third-order valence-corrected chi connectivity index (χ3v) is 4.13. The smallest absolute Gasteiger partial charge is 0.272 e. The van der Waals surface area contributed by atoms with Crippen LogP contribution in [0.4, 0.5) is 10.7 Å². The summed E-state index contributed by atoms with van der Waals surface area (Å²) in [5, 5.41) is 11.6. The maximum absolute atomic E-state index is 11.8. The van der Waals surface area contributed by atoms with Crippen LogP contribution >= 0.6 is 11.3 Å². The Labute approximate surface area is 140 Å². The van der Waals surface area contributed by atoms with Crippen molar-refractivity contribution >= 4 is 22.0 Å². The Morgan fingerprint density at radius 2 is 1.88 bits per heavy atom. The van der Waals surface area contributed by atoms with Gasteiger partial charge in [0, 0.05) is 12.1 Å². The fraction of sp³-hybridized carbons (Fsp3) is 0.133. The molecule has 2 heterocycles. The van der Waals surface area contributed by atoms with E-state index in [0.717, 1.165) is 21.8 Å². The van der Waals surface area contributed by atoms with E-state index in [1.165, 1.54) is 12.1 Å². The Morgan fingerprint density at radius 1 is 1.12 bits per heavy atom. The standard InChI is InChI=1S/C15H13N5O3S/c1-9-14(18-17-10-3-5-11(23-2)6-4-10)24-15(16-9)20-13(22)8-7-12(21)19-20/h3-8H,1-2H3,(H,19,21). The molecule has 0 aliphatic rings. The molecule has 0 aliphatic carbocycles. The van der Waals surface area contributed by atoms with E-state index in [0.29, 0.717) is 21.5 Å². The molecule has 0 aliphatic heterocycles. The molecule has 0 atom stereocenters. The van der Waals surface area contributed by atoms with Crippen LogP contribution in [0.25, 0.3) is 5.13 Å². The van der Waals surface area contributed by atoms with E-state index < -0.39 is 0 Å². The number of rotatable bonds is 4. The average Bonchev–Trinajstić information content (AvgIpc) is 2.96. The van der Waals surface area contributed by atoms with Crippen LogP contribution in [0.3, 0.4) is 0 Å². The van der Waals surface area contributed by atoms with Crippen LogP contribution < -0.4 is 15.9 Å². The summed E-state index contributed by atoms with van der Waals surface area (Å²) in [6.45, 7) is 1.76. The number of benzene rings is 1. The highest BCUT2D eigenvalue weighted by atomic mass is 32.1. The number of aromatic amines is 1. The lowest BCUT2D eigenvalue weighted by molar-refractivity contribution is 0.415. The van der Waals surface area contributed by atoms with Crippen LogP contribution in [0.2, 0.25) is 0 Å². The van der Waals surface area contributed by atoms with Crippen molar-refractivity contribution in [2.24, 2.45) is 10.2 Å². The van der Waals surface area contributed by atoms with Gasteiger partial charge in [-0.3, -0.25) is 14.7 Å². The lowest BCUT2D eigenvalue weighted by Crippen LogP contribution is -2.26. The second kappa shape index (κ2) is 6.59. The first-order valence-electron chi connectivity index (χ1n) is 6.93. The van der Waals surface area contributed by atoms with Crippen molar-refractivity contribution in [1.29, 1.82) is 0 Å². The van der Waals surface area contributed by atoms with Crippen molar-refractivity contribution in [1.82, 2.24) is 14.8 Å². The Hall–Kier alpha value is -3.07. The largest absolute Gasteiger partial charge is 0.497 e. The summed E-state index contributed by atoms with van der Waals surface area (Å²) < 4.78 is 6.17. The number of aryl methyl sites for hydroxylation is 1. The van der Waals surface area contributed by atoms with E-state index in [1.807, 2.05) is 0 Å². The molecule has 8 nitrogen and oxygen atoms in total. The minimum absolute atomic E-state index is 0.332. The lowest BCUT2D eigenvalue weighted by Gasteiger charge is -1.98. The summed E-state index contributed by atoms with van der Waals surface area (Å²) in [5.74, 6) is 0.734. The molecule has 24 heavy (non-hydrogen) atoms. The number of hydrogen-bond acceptors (Lipinski definition) is 7. The first-order chi connectivity index (χ1) is 11.6. The van der Waals surface area contributed by atoms with Crippen molar-refractivity contribution in [3.63, 3.8) is 0 Å². The second-order valence-electron chi connectivity index (χ2n) is 4.77. The van der Waals surface area contributed by atoms with Gasteiger partial charge in [0.05, 0.1) is 18.5 Å². The number of ether oxygens (including phenoxy) is 1. The van der Waals surface area contributed by atoms with Gasteiger partial charge in [-0.2, -0.15) is 4.68 Å². The van der Waals surface area contributed by atoms with Crippen molar-refractivity contribution in [3.8, 4) is 10.9 Å². The topological polar surface area (TPSA) is 102 Å². The molecule has 122 valence electrons. The molecule has 0 unspecified atom stereocenters. The van der Waals surface area contributed by atoms with Gasteiger partial charge < -0.3 is 4.74 Å². The van der Waals surface area contributed by atoms with Crippen LogP contribution in [-0.2, 0) is 0 Å². The van der Waals surface area contributed by atoms with Crippen LogP contribution in [0, 0.1) is 6.92 Å². The quantitative estimate of drug-likeness (QED) is 0.736. The SMILES string of the molecule is COc1ccc(N=Nc2sc(-n3[nH]c(=O)ccc3=O)nc2C)cc1. The molecule has 3 aromatic rings. The maximum atomic E-state index is 11.8. The Kier molecular flexibility index (Phi) is 4.34. The lowest BCUT2D eigenvalue weighted by atomic mass is 10.3. The molecule has 0 saturated carbocycles. The average molecular weight is 343 g/mol. The monoisotopic (exact) mass is 343 g/mol. The first-order valence-corrected chi connectivity index (χ1v) is 7.74. The molecule has 0 radical (unpaired) electrons. The maximum Gasteiger partial charge on any atom is 0.272 e. The number of azo groups is 1. The van der Waals surface area contributed by atoms with E-state index in [1.54, 1.807) is 38.3 Å². The number of thiazole rings is 1. The van der Waals surface area contributed by atoms with E-state index in [2.05, 4.69) is 20.3 Å². The minimum atomic E-state index is -0.385. The minimum Gasteiger partial charge on any atom is -0.497 e. The summed E-state index contributed by atoms with van der Waals surface area (Å²) in [4.78, 5) is 27.5. The predicted octanol–water partition coefficient (Wildman–Crippen LogP) is 2.71. The van der Waals surface area contributed by atoms with Gasteiger partial charge in [-0.05, 0) is 31.2 Å². The Bertz CT molecular complexity index is 1000. The number of nitrogens with one attached hydrogen (secondary N) is 1. The molecule has 0 amide bonds. The molecule has 3 rings (SSSR count). The van der Waals surface area contributed by atoms with Gasteiger partial charge in [-0.1, -0.05) is 11.3 Å². The number of nitrogens with zero attached hydrogens (tertiary/aromatic N) is 4. The van der Waals surface area contributed by atoms with Gasteiger partial charge >= 0.3 is 0 Å². The second-order valence-corrected chi connectivity index (χ2v) is 5.72. The van der Waals surface area contributed by atoms with Crippen LogP contribution in [0.15, 0.2) is 56.2 Å². The van der Waals surface area contributed by atoms with Crippen molar-refractivity contribution in [2.75, 3.05) is 7.11 Å². The highest BCUT2D eigenvalue weighted by Crippen LogP contribution is 2.30. The van der Waals surface area contributed by atoms with Crippen molar-refractivity contribution in [2.45, 2.75) is 6.92 Å². The molecule has 1 aromatic carbocycles. The molecule has 2 aromatic heterocycles. The number of methoxy groups -OCH3 is 1. The van der Waals surface area contributed by atoms with E-state index in [9.17, 15) is 9.59 Å². The predicted molar refractivity (Wildman–Crippen MR) is 90.2 cm³/mol. The highest BCUT2D eigenvalue weighted by Gasteiger charge is 2.10. The Morgan fingerprint density at radius 3 is 2.58 bits per heavy atom. The fourth-order valence-corrected chi connectivity index (χ4v) is 2.74. The molecule has 9 heteroatoms. The van der Waals surface area contributed by atoms with Gasteiger partial charge in [-0.15, -0.1) is 10.2 Å². The fourth-order valence-electron chi connectivity index (χ4n) is 1.88. The molecule has 1 N–H and O–H groups in total. The summed E-state index contributed by atoms with van der Waals surface area (Å²) >= 11 is 1.16. The van der Waals surface area contributed by atoms with Gasteiger partial charge in [0.15, 0.2) is 5.00 Å². The van der Waals surface area contributed by atoms with E-state index in [4.69, 9.17) is 4.74 Å². The summed E-state index contributed by atoms with van der Waals surface area (Å²) in [7, 11) is 1.59. The first kappa shape index (κ1) is 15.8. The zero-order valence-corrected chi connectivity index (χ0v) is 13.7. The third-order valence-electron chi connectivity index (χ3n) is 3.10. The van der Waals surface area contributed by atoms with E-state index in [-0.39, 0.29) is 11.1 Å². The van der Waals surface area contributed by atoms with Crippen molar-refractivity contribution in [3.05, 3.63) is 62.8 Å². The summed E-state index contributed by atoms with van der Waals surface area (Å²) in [6, 6.07) is 9.48. The van der Waals surface area contributed by atoms with E-state index >= 15 is 0 Å². The highest BCUT2D eigenvalue weighted by molar-refractivity contribution is 7.17. The summed E-state index contributed by atoms with van der Waals surface area (Å²) in [6.07, 6.45) is 0. The number of aromatic nitrogens is 3. The summed E-state index contributed by atoms with van der Waals surface area (Å²) in [5.41, 5.74) is 0.519. The molecule has 0 saturated heterocycles. The van der Waals surface area contributed by atoms with Crippen LogP contribution in [0.1, 0.15) is 5.69 Å². The molecule has 0 spiro atoms. The van der Waals surface area contributed by atoms with Crippen molar-refractivity contribution < 1.29 is 4.74 Å². The van der Waals surface area contributed by atoms with Gasteiger partial charge in [0.2, 0.25) is 5.13 Å². The van der Waals surface area contributed by atoms with Gasteiger partial charge in [-0.25, -0.2) is 4.98 Å². The number of H-pyrrole nitrogens is 1. The molecular weight excluding hydrogens is 330 g/mol. The van der Waals surface area contributed by atoms with Gasteiger partial charge in [0.25, 0.3) is 11.1 Å². The van der Waals surface area contributed by atoms with Crippen LogP contribution in [0.5, 0.6) is 5.75 Å². The number of hydrogen-bond donors (Lipinski definition) is 1. The Balaban J connectivity index is 1.91. The zero-order chi connectivity index (χ0) is 17.1. The third kappa shape index (κ3) is 3.30. The van der Waals surface area contributed by atoms with Gasteiger partial charge in [0.1, 0.15) is 5.75 Å². The molecule has 0 fully saturated rings. The van der Waals surface area contributed by atoms with Crippen LogP contribution in [-0.4, -0.2) is 21.9 Å².